The second-order valence-corrected chi connectivity index (χ2v) is 6.58. The Labute approximate surface area is 112 Å². The molecule has 0 bridgehead atoms. The van der Waals surface area contributed by atoms with Gasteiger partial charge in [-0.3, -0.25) is 0 Å². The molecule has 0 amide bonds. The zero-order chi connectivity index (χ0) is 13.0. The van der Waals surface area contributed by atoms with E-state index in [9.17, 15) is 0 Å². The lowest BCUT2D eigenvalue weighted by atomic mass is 9.75. The molecule has 1 saturated carbocycles. The van der Waals surface area contributed by atoms with Gasteiger partial charge in [0.1, 0.15) is 0 Å². The van der Waals surface area contributed by atoms with E-state index >= 15 is 0 Å². The Bertz CT molecular complexity index is 355. The van der Waals surface area contributed by atoms with E-state index < -0.39 is 0 Å². The fraction of sp³-hybridized carbons (Fsp3) is 0.750. The molecular weight excluding hydrogens is 220 g/mol. The first kappa shape index (κ1) is 13.7. The fourth-order valence-corrected chi connectivity index (χ4v) is 2.86. The Morgan fingerprint density at radius 3 is 2.72 bits per heavy atom. The van der Waals surface area contributed by atoms with Crippen molar-refractivity contribution in [2.75, 3.05) is 0 Å². The minimum Gasteiger partial charge on any atom is -0.354 e. The van der Waals surface area contributed by atoms with Gasteiger partial charge < -0.3 is 9.88 Å². The highest BCUT2D eigenvalue weighted by molar-refractivity contribution is 5.10. The molecule has 2 heteroatoms. The normalized spacial score (nSPS) is 20.2. The molecule has 0 radical (unpaired) electrons. The van der Waals surface area contributed by atoms with Crippen molar-refractivity contribution in [3.8, 4) is 0 Å². The SMILES string of the molecule is CCCn1ccc(CNC2CCC(C)(C)CC2)c1. The maximum Gasteiger partial charge on any atom is 0.0223 e. The molecule has 1 fully saturated rings. The number of hydrogen-bond acceptors (Lipinski definition) is 1. The second kappa shape index (κ2) is 5.92. The van der Waals surface area contributed by atoms with Gasteiger partial charge in [-0.25, -0.2) is 0 Å². The maximum atomic E-state index is 3.72. The number of nitrogens with one attached hydrogen (secondary N) is 1. The minimum absolute atomic E-state index is 0.572. The lowest BCUT2D eigenvalue weighted by molar-refractivity contribution is 0.206. The molecule has 1 heterocycles. The van der Waals surface area contributed by atoms with Crippen molar-refractivity contribution < 1.29 is 0 Å². The summed E-state index contributed by atoms with van der Waals surface area (Å²) >= 11 is 0. The Hall–Kier alpha value is -0.760. The van der Waals surface area contributed by atoms with Gasteiger partial charge in [0.15, 0.2) is 0 Å². The van der Waals surface area contributed by atoms with Crippen LogP contribution in [0.5, 0.6) is 0 Å². The summed E-state index contributed by atoms with van der Waals surface area (Å²) in [6, 6.07) is 2.97. The van der Waals surface area contributed by atoms with Crippen LogP contribution in [0, 0.1) is 5.41 Å². The zero-order valence-corrected chi connectivity index (χ0v) is 12.2. The van der Waals surface area contributed by atoms with E-state index in [1.807, 2.05) is 0 Å². The molecule has 2 nitrogen and oxygen atoms in total. The van der Waals surface area contributed by atoms with Gasteiger partial charge in [0, 0.05) is 31.5 Å². The summed E-state index contributed by atoms with van der Waals surface area (Å²) < 4.78 is 2.29. The van der Waals surface area contributed by atoms with Crippen LogP contribution in [-0.2, 0) is 13.1 Å². The predicted octanol–water partition coefficient (Wildman–Crippen LogP) is 3.96. The van der Waals surface area contributed by atoms with Crippen molar-refractivity contribution in [2.24, 2.45) is 5.41 Å². The summed E-state index contributed by atoms with van der Waals surface area (Å²) in [6.07, 6.45) is 11.1. The first-order chi connectivity index (χ1) is 8.59. The largest absolute Gasteiger partial charge is 0.354 e. The lowest BCUT2D eigenvalue weighted by Crippen LogP contribution is -2.35. The highest BCUT2D eigenvalue weighted by Crippen LogP contribution is 2.35. The van der Waals surface area contributed by atoms with E-state index in [4.69, 9.17) is 0 Å². The van der Waals surface area contributed by atoms with Crippen LogP contribution in [0.2, 0.25) is 0 Å². The molecule has 1 N–H and O–H groups in total. The van der Waals surface area contributed by atoms with E-state index in [2.05, 4.69) is 49.1 Å². The Balaban J connectivity index is 1.74. The van der Waals surface area contributed by atoms with Crippen LogP contribution >= 0.6 is 0 Å². The standard InChI is InChI=1S/C16H28N2/c1-4-10-18-11-7-14(13-18)12-17-15-5-8-16(2,3)9-6-15/h7,11,13,15,17H,4-6,8-10,12H2,1-3H3. The Morgan fingerprint density at radius 1 is 1.33 bits per heavy atom. The van der Waals surface area contributed by atoms with Gasteiger partial charge in [0.2, 0.25) is 0 Å². The molecule has 1 aromatic heterocycles. The van der Waals surface area contributed by atoms with Gasteiger partial charge >= 0.3 is 0 Å². The Morgan fingerprint density at radius 2 is 2.06 bits per heavy atom. The average molecular weight is 248 g/mol. The quantitative estimate of drug-likeness (QED) is 0.834. The van der Waals surface area contributed by atoms with Gasteiger partial charge in [-0.05, 0) is 49.1 Å². The molecule has 1 aliphatic carbocycles. The van der Waals surface area contributed by atoms with Gasteiger partial charge in [-0.1, -0.05) is 20.8 Å². The number of aromatic nitrogens is 1. The summed E-state index contributed by atoms with van der Waals surface area (Å²) in [7, 11) is 0. The third-order valence-corrected chi connectivity index (χ3v) is 4.23. The van der Waals surface area contributed by atoms with Crippen molar-refractivity contribution in [3.05, 3.63) is 24.0 Å². The summed E-state index contributed by atoms with van der Waals surface area (Å²) in [5, 5.41) is 3.72. The first-order valence-electron chi connectivity index (χ1n) is 7.47. The monoisotopic (exact) mass is 248 g/mol. The van der Waals surface area contributed by atoms with Gasteiger partial charge in [0.05, 0.1) is 0 Å². The maximum absolute atomic E-state index is 3.72. The zero-order valence-electron chi connectivity index (χ0n) is 12.2. The second-order valence-electron chi connectivity index (χ2n) is 6.58. The summed E-state index contributed by atoms with van der Waals surface area (Å²) in [5.74, 6) is 0. The van der Waals surface area contributed by atoms with E-state index in [0.717, 1.165) is 19.1 Å². The van der Waals surface area contributed by atoms with Crippen LogP contribution in [0.1, 0.15) is 58.4 Å². The molecule has 1 aromatic rings. The smallest absolute Gasteiger partial charge is 0.0223 e. The fourth-order valence-electron chi connectivity index (χ4n) is 2.86. The van der Waals surface area contributed by atoms with Crippen molar-refractivity contribution in [2.45, 2.75) is 72.0 Å². The van der Waals surface area contributed by atoms with Crippen molar-refractivity contribution in [1.29, 1.82) is 0 Å². The lowest BCUT2D eigenvalue weighted by Gasteiger charge is -2.34. The van der Waals surface area contributed by atoms with E-state index in [-0.39, 0.29) is 0 Å². The number of aryl methyl sites for hydroxylation is 1. The van der Waals surface area contributed by atoms with E-state index in [0.29, 0.717) is 5.41 Å². The van der Waals surface area contributed by atoms with Gasteiger partial charge in [0.25, 0.3) is 0 Å². The van der Waals surface area contributed by atoms with Crippen LogP contribution in [0.3, 0.4) is 0 Å². The average Bonchev–Trinajstić information content (AvgIpc) is 2.76. The van der Waals surface area contributed by atoms with Gasteiger partial charge in [-0.15, -0.1) is 0 Å². The van der Waals surface area contributed by atoms with Crippen LogP contribution < -0.4 is 5.32 Å². The van der Waals surface area contributed by atoms with Crippen LogP contribution in [0.4, 0.5) is 0 Å². The highest BCUT2D eigenvalue weighted by atomic mass is 15.0. The van der Waals surface area contributed by atoms with Crippen molar-refractivity contribution in [1.82, 2.24) is 9.88 Å². The third-order valence-electron chi connectivity index (χ3n) is 4.23. The van der Waals surface area contributed by atoms with Gasteiger partial charge in [-0.2, -0.15) is 0 Å². The van der Waals surface area contributed by atoms with Crippen molar-refractivity contribution in [3.63, 3.8) is 0 Å². The molecule has 0 aromatic carbocycles. The minimum atomic E-state index is 0.572. The topological polar surface area (TPSA) is 17.0 Å². The number of nitrogens with zero attached hydrogens (tertiary/aromatic N) is 1. The predicted molar refractivity (Wildman–Crippen MR) is 77.6 cm³/mol. The molecule has 102 valence electrons. The molecular formula is C16H28N2. The number of hydrogen-bond donors (Lipinski definition) is 1. The molecule has 1 aliphatic rings. The molecule has 2 rings (SSSR count). The van der Waals surface area contributed by atoms with Crippen LogP contribution in [0.15, 0.2) is 18.5 Å². The third kappa shape index (κ3) is 3.88. The molecule has 18 heavy (non-hydrogen) atoms. The van der Waals surface area contributed by atoms with Crippen LogP contribution in [-0.4, -0.2) is 10.6 Å². The first-order valence-corrected chi connectivity index (χ1v) is 7.47. The summed E-state index contributed by atoms with van der Waals surface area (Å²) in [6.45, 7) is 9.18. The summed E-state index contributed by atoms with van der Waals surface area (Å²) in [4.78, 5) is 0. The number of rotatable bonds is 5. The molecule has 0 atom stereocenters. The molecule has 0 spiro atoms. The molecule has 0 saturated heterocycles. The van der Waals surface area contributed by atoms with Crippen molar-refractivity contribution >= 4 is 0 Å². The Kier molecular flexibility index (Phi) is 4.50. The molecule has 0 aliphatic heterocycles. The highest BCUT2D eigenvalue weighted by Gasteiger charge is 2.26. The van der Waals surface area contributed by atoms with E-state index in [1.165, 1.54) is 37.7 Å². The summed E-state index contributed by atoms with van der Waals surface area (Å²) in [5.41, 5.74) is 2.00. The van der Waals surface area contributed by atoms with Crippen LogP contribution in [0.25, 0.3) is 0 Å². The molecule has 0 unspecified atom stereocenters. The van der Waals surface area contributed by atoms with E-state index in [1.54, 1.807) is 0 Å².